The highest BCUT2D eigenvalue weighted by Crippen LogP contribution is 2.04. The number of thiocarbonyl (C=S) groups is 1. The predicted octanol–water partition coefficient (Wildman–Crippen LogP) is 1.57. The number of hydrogen-bond donors (Lipinski definition) is 4. The lowest BCUT2D eigenvalue weighted by Gasteiger charge is -2.14. The van der Waals surface area contributed by atoms with Gasteiger partial charge in [-0.25, -0.2) is 0 Å². The van der Waals surface area contributed by atoms with Crippen molar-refractivity contribution in [3.05, 3.63) is 30.3 Å². The summed E-state index contributed by atoms with van der Waals surface area (Å²) in [5.74, 6) is -0.249. The number of carbonyl (C=O) groups excluding carboxylic acids is 1. The van der Waals surface area contributed by atoms with Crippen LogP contribution in [0.3, 0.4) is 0 Å². The zero-order chi connectivity index (χ0) is 16.4. The molecule has 1 amide bonds. The topological polar surface area (TPSA) is 82.6 Å². The van der Waals surface area contributed by atoms with E-state index in [1.54, 1.807) is 0 Å². The number of carbonyl (C=O) groups is 1. The van der Waals surface area contributed by atoms with Crippen LogP contribution < -0.4 is 16.2 Å². The Morgan fingerprint density at radius 1 is 1.27 bits per heavy atom. The molecule has 1 rings (SSSR count). The average molecular weight is 325 g/mol. The second-order valence-electron chi connectivity index (χ2n) is 5.07. The van der Waals surface area contributed by atoms with Crippen LogP contribution in [0, 0.1) is 0 Å². The number of amides is 1. The fourth-order valence-corrected chi connectivity index (χ4v) is 1.73. The first-order chi connectivity index (χ1) is 10.5. The molecule has 1 aromatic carbocycles. The van der Waals surface area contributed by atoms with Crippen LogP contribution in [0.25, 0.3) is 0 Å². The normalized spacial score (nSPS) is 11.8. The van der Waals surface area contributed by atoms with Gasteiger partial charge in [-0.05, 0) is 44.6 Å². The number of benzene rings is 1. The zero-order valence-electron chi connectivity index (χ0n) is 12.8. The fraction of sp³-hybridized carbons (Fsp3) is 0.467. The van der Waals surface area contributed by atoms with Crippen molar-refractivity contribution in [1.82, 2.24) is 10.9 Å². The molecule has 122 valence electrons. The maximum atomic E-state index is 11.6. The van der Waals surface area contributed by atoms with Crippen LogP contribution in [0.2, 0.25) is 0 Å². The maximum Gasteiger partial charge on any atom is 0.238 e. The molecule has 0 aromatic heterocycles. The molecule has 1 aromatic rings. The zero-order valence-corrected chi connectivity index (χ0v) is 13.7. The Kier molecular flexibility index (Phi) is 8.42. The van der Waals surface area contributed by atoms with Crippen molar-refractivity contribution < 1.29 is 14.6 Å². The lowest BCUT2D eigenvalue weighted by molar-refractivity contribution is -0.122. The van der Waals surface area contributed by atoms with Crippen molar-refractivity contribution in [2.45, 2.75) is 38.9 Å². The summed E-state index contributed by atoms with van der Waals surface area (Å²) in [6, 6.07) is 9.38. The molecule has 6 nitrogen and oxygen atoms in total. The van der Waals surface area contributed by atoms with Crippen molar-refractivity contribution in [1.29, 1.82) is 0 Å². The van der Waals surface area contributed by atoms with Gasteiger partial charge in [0.15, 0.2) is 5.11 Å². The third kappa shape index (κ3) is 8.56. The first-order valence-electron chi connectivity index (χ1n) is 7.18. The van der Waals surface area contributed by atoms with E-state index in [9.17, 15) is 9.90 Å². The molecule has 4 N–H and O–H groups in total. The minimum Gasteiger partial charge on any atom is -0.391 e. The van der Waals surface area contributed by atoms with E-state index in [4.69, 9.17) is 17.0 Å². The van der Waals surface area contributed by atoms with Gasteiger partial charge in [0.2, 0.25) is 5.91 Å². The van der Waals surface area contributed by atoms with Crippen LogP contribution >= 0.6 is 12.2 Å². The molecule has 0 saturated heterocycles. The van der Waals surface area contributed by atoms with Gasteiger partial charge < -0.3 is 15.2 Å². The predicted molar refractivity (Wildman–Crippen MR) is 90.3 cm³/mol. The summed E-state index contributed by atoms with van der Waals surface area (Å²) in [6.07, 6.45) is -0.0722. The Morgan fingerprint density at radius 2 is 1.95 bits per heavy atom. The van der Waals surface area contributed by atoms with Gasteiger partial charge in [-0.3, -0.25) is 15.6 Å². The van der Waals surface area contributed by atoms with E-state index in [0.29, 0.717) is 11.5 Å². The number of ether oxygens (including phenoxy) is 1. The van der Waals surface area contributed by atoms with Gasteiger partial charge in [0.25, 0.3) is 0 Å². The molecule has 0 aliphatic heterocycles. The monoisotopic (exact) mass is 325 g/mol. The van der Waals surface area contributed by atoms with E-state index in [-0.39, 0.29) is 25.0 Å². The van der Waals surface area contributed by atoms with E-state index in [2.05, 4.69) is 16.2 Å². The molecule has 0 aliphatic rings. The van der Waals surface area contributed by atoms with E-state index >= 15 is 0 Å². The van der Waals surface area contributed by atoms with Gasteiger partial charge in [-0.2, -0.15) is 0 Å². The number of nitrogens with one attached hydrogen (secondary N) is 3. The summed E-state index contributed by atoms with van der Waals surface area (Å²) < 4.78 is 5.27. The number of rotatable bonds is 7. The van der Waals surface area contributed by atoms with E-state index in [1.165, 1.54) is 0 Å². The number of aliphatic hydroxyl groups is 1. The molecule has 0 spiro atoms. The quantitative estimate of drug-likeness (QED) is 0.450. The second-order valence-corrected chi connectivity index (χ2v) is 5.48. The lowest BCUT2D eigenvalue weighted by Crippen LogP contribution is -2.44. The molecule has 0 aliphatic carbocycles. The molecule has 22 heavy (non-hydrogen) atoms. The summed E-state index contributed by atoms with van der Waals surface area (Å²) >= 11 is 5.05. The van der Waals surface area contributed by atoms with Gasteiger partial charge in [-0.1, -0.05) is 18.2 Å². The Labute approximate surface area is 136 Å². The summed E-state index contributed by atoms with van der Waals surface area (Å²) in [5, 5.41) is 12.9. The Balaban J connectivity index is 2.16. The molecule has 0 radical (unpaired) electrons. The van der Waals surface area contributed by atoms with Crippen molar-refractivity contribution in [3.63, 3.8) is 0 Å². The largest absolute Gasteiger partial charge is 0.391 e. The molecule has 1 atom stereocenters. The van der Waals surface area contributed by atoms with Gasteiger partial charge in [0.1, 0.15) is 0 Å². The lowest BCUT2D eigenvalue weighted by atomic mass is 10.2. The average Bonchev–Trinajstić information content (AvgIpc) is 2.49. The molecule has 0 saturated carbocycles. The molecule has 0 fully saturated rings. The molecular weight excluding hydrogens is 302 g/mol. The SMILES string of the molecule is CC(C)OC[C@H](O)CCC(=O)NNC(=S)Nc1ccccc1. The highest BCUT2D eigenvalue weighted by Gasteiger charge is 2.09. The van der Waals surface area contributed by atoms with Crippen LogP contribution in [0.1, 0.15) is 26.7 Å². The summed E-state index contributed by atoms with van der Waals surface area (Å²) in [4.78, 5) is 11.6. The van der Waals surface area contributed by atoms with Crippen molar-refractivity contribution in [2.75, 3.05) is 11.9 Å². The highest BCUT2D eigenvalue weighted by molar-refractivity contribution is 7.80. The van der Waals surface area contributed by atoms with Gasteiger partial charge in [0, 0.05) is 12.1 Å². The van der Waals surface area contributed by atoms with Crippen LogP contribution in [-0.2, 0) is 9.53 Å². The number of hydrogen-bond acceptors (Lipinski definition) is 4. The number of para-hydroxylation sites is 1. The van der Waals surface area contributed by atoms with Crippen molar-refractivity contribution in [3.8, 4) is 0 Å². The minimum atomic E-state index is -0.650. The minimum absolute atomic E-state index is 0.0616. The molecule has 0 unspecified atom stereocenters. The van der Waals surface area contributed by atoms with E-state index in [0.717, 1.165) is 5.69 Å². The third-order valence-corrected chi connectivity index (χ3v) is 2.88. The summed E-state index contributed by atoms with van der Waals surface area (Å²) in [6.45, 7) is 4.01. The standard InChI is InChI=1S/C15H23N3O3S/c1-11(2)21-10-13(19)8-9-14(20)17-18-15(22)16-12-6-4-3-5-7-12/h3-7,11,13,19H,8-10H2,1-2H3,(H,17,20)(H2,16,18,22)/t13-/m1/s1. The first kappa shape index (κ1) is 18.3. The molecular formula is C15H23N3O3S. The summed E-state index contributed by atoms with van der Waals surface area (Å²) in [5.41, 5.74) is 5.92. The maximum absolute atomic E-state index is 11.6. The number of hydrazine groups is 1. The van der Waals surface area contributed by atoms with Crippen LogP contribution in [0.4, 0.5) is 5.69 Å². The van der Waals surface area contributed by atoms with Crippen molar-refractivity contribution in [2.24, 2.45) is 0 Å². The van der Waals surface area contributed by atoms with E-state index in [1.807, 2.05) is 44.2 Å². The third-order valence-electron chi connectivity index (χ3n) is 2.67. The first-order valence-corrected chi connectivity index (χ1v) is 7.58. The van der Waals surface area contributed by atoms with E-state index < -0.39 is 6.10 Å². The highest BCUT2D eigenvalue weighted by atomic mass is 32.1. The molecule has 7 heteroatoms. The van der Waals surface area contributed by atoms with Gasteiger partial charge in [0.05, 0.1) is 18.8 Å². The number of aliphatic hydroxyl groups excluding tert-OH is 1. The Morgan fingerprint density at radius 3 is 2.59 bits per heavy atom. The second kappa shape index (κ2) is 10.1. The van der Waals surface area contributed by atoms with Crippen LogP contribution in [0.5, 0.6) is 0 Å². The van der Waals surface area contributed by atoms with Crippen LogP contribution in [-0.4, -0.2) is 34.9 Å². The van der Waals surface area contributed by atoms with Gasteiger partial charge >= 0.3 is 0 Å². The van der Waals surface area contributed by atoms with Gasteiger partial charge in [-0.15, -0.1) is 0 Å². The fourth-order valence-electron chi connectivity index (χ4n) is 1.56. The number of anilines is 1. The Hall–Kier alpha value is -1.70. The summed E-state index contributed by atoms with van der Waals surface area (Å²) in [7, 11) is 0. The van der Waals surface area contributed by atoms with Crippen molar-refractivity contribution >= 4 is 28.9 Å². The van der Waals surface area contributed by atoms with Crippen LogP contribution in [0.15, 0.2) is 30.3 Å². The Bertz CT molecular complexity index is 468. The molecule has 0 bridgehead atoms. The smallest absolute Gasteiger partial charge is 0.238 e. The molecule has 0 heterocycles.